The van der Waals surface area contributed by atoms with Crippen molar-refractivity contribution >= 4 is 22.5 Å². The van der Waals surface area contributed by atoms with Crippen molar-refractivity contribution in [2.75, 3.05) is 25.5 Å². The third kappa shape index (κ3) is 5.56. The molecule has 4 aromatic rings. The highest BCUT2D eigenvalue weighted by molar-refractivity contribution is 6.05. The topological polar surface area (TPSA) is 93.4 Å². The highest BCUT2D eigenvalue weighted by atomic mass is 19.4. The summed E-state index contributed by atoms with van der Waals surface area (Å²) in [6.07, 6.45) is -0.398. The van der Waals surface area contributed by atoms with Crippen LogP contribution in [0.2, 0.25) is 0 Å². The van der Waals surface area contributed by atoms with Gasteiger partial charge in [-0.25, -0.2) is 9.97 Å². The highest BCUT2D eigenvalue weighted by Gasteiger charge is 2.32. The molecule has 1 aliphatic heterocycles. The summed E-state index contributed by atoms with van der Waals surface area (Å²) in [5, 5.41) is 7.02. The second kappa shape index (κ2) is 9.81. The first-order valence-corrected chi connectivity index (χ1v) is 11.7. The maximum atomic E-state index is 13.7. The van der Waals surface area contributed by atoms with Crippen LogP contribution >= 0.6 is 0 Å². The van der Waals surface area contributed by atoms with Crippen molar-refractivity contribution < 1.29 is 27.2 Å². The summed E-state index contributed by atoms with van der Waals surface area (Å²) in [4.78, 5) is 23.4. The van der Waals surface area contributed by atoms with Gasteiger partial charge in [-0.1, -0.05) is 5.16 Å². The van der Waals surface area contributed by atoms with Gasteiger partial charge in [-0.05, 0) is 63.2 Å². The number of carbonyl (C=O) groups excluding carboxylic acids is 1. The molecule has 2 aromatic carbocycles. The van der Waals surface area contributed by atoms with E-state index in [9.17, 15) is 18.0 Å². The highest BCUT2D eigenvalue weighted by Crippen LogP contribution is 2.36. The van der Waals surface area contributed by atoms with Gasteiger partial charge in [-0.3, -0.25) is 4.79 Å². The first-order chi connectivity index (χ1) is 17.7. The molecule has 2 aromatic heterocycles. The zero-order valence-corrected chi connectivity index (χ0v) is 20.2. The molecule has 8 nitrogen and oxygen atoms in total. The third-order valence-electron chi connectivity index (χ3n) is 6.30. The molecule has 0 bridgehead atoms. The minimum atomic E-state index is -4.56. The van der Waals surface area contributed by atoms with Gasteiger partial charge in [-0.2, -0.15) is 13.2 Å². The summed E-state index contributed by atoms with van der Waals surface area (Å²) in [6.45, 7) is 3.27. The van der Waals surface area contributed by atoms with Crippen LogP contribution in [0.25, 0.3) is 22.3 Å². The molecule has 0 radical (unpaired) electrons. The van der Waals surface area contributed by atoms with Crippen molar-refractivity contribution in [1.29, 1.82) is 0 Å². The van der Waals surface area contributed by atoms with E-state index in [-0.39, 0.29) is 23.2 Å². The maximum Gasteiger partial charge on any atom is 0.416 e. The SMILES string of the molecule is Cc1oncc1C(=O)Nc1ccc2cnc(-c3cc(OC4CCN(C)CC4)cc(C(F)(F)F)c3)nc2c1. The number of hydrogen-bond acceptors (Lipinski definition) is 7. The van der Waals surface area contributed by atoms with Crippen molar-refractivity contribution in [3.8, 4) is 17.1 Å². The molecule has 1 amide bonds. The molecule has 0 unspecified atom stereocenters. The number of likely N-dealkylation sites (tertiary alicyclic amines) is 1. The first-order valence-electron chi connectivity index (χ1n) is 11.7. The van der Waals surface area contributed by atoms with E-state index in [0.717, 1.165) is 38.1 Å². The number of anilines is 1. The molecule has 0 aliphatic carbocycles. The van der Waals surface area contributed by atoms with Crippen molar-refractivity contribution in [2.24, 2.45) is 0 Å². The van der Waals surface area contributed by atoms with Gasteiger partial charge in [0.15, 0.2) is 5.82 Å². The monoisotopic (exact) mass is 511 g/mol. The average Bonchev–Trinajstić information content (AvgIpc) is 3.30. The molecule has 192 valence electrons. The number of rotatable bonds is 5. The fourth-order valence-corrected chi connectivity index (χ4v) is 4.21. The standard InChI is InChI=1S/C26H24F3N5O3/c1-15-22(14-31-37-15)25(35)32-19-4-3-16-13-30-24(33-23(16)12-19)17-9-18(26(27,28)29)11-21(10-17)36-20-5-7-34(2)8-6-20/h3-4,9-14,20H,5-8H2,1-2H3,(H,32,35). The van der Waals surface area contributed by atoms with E-state index in [4.69, 9.17) is 9.26 Å². The summed E-state index contributed by atoms with van der Waals surface area (Å²) < 4.78 is 52.0. The van der Waals surface area contributed by atoms with E-state index in [1.807, 2.05) is 7.05 Å². The zero-order valence-electron chi connectivity index (χ0n) is 20.2. The summed E-state index contributed by atoms with van der Waals surface area (Å²) >= 11 is 0. The molecular weight excluding hydrogens is 487 g/mol. The van der Waals surface area contributed by atoms with Crippen LogP contribution in [-0.2, 0) is 6.18 Å². The molecular formula is C26H24F3N5O3. The Morgan fingerprint density at radius 2 is 1.92 bits per heavy atom. The molecule has 1 aliphatic rings. The number of carbonyl (C=O) groups is 1. The van der Waals surface area contributed by atoms with Gasteiger partial charge in [0.05, 0.1) is 17.3 Å². The Morgan fingerprint density at radius 1 is 1.14 bits per heavy atom. The largest absolute Gasteiger partial charge is 0.490 e. The second-order valence-corrected chi connectivity index (χ2v) is 9.08. The smallest absolute Gasteiger partial charge is 0.416 e. The fourth-order valence-electron chi connectivity index (χ4n) is 4.21. The van der Waals surface area contributed by atoms with Crippen LogP contribution in [0.3, 0.4) is 0 Å². The number of aromatic nitrogens is 3. The molecule has 1 fully saturated rings. The summed E-state index contributed by atoms with van der Waals surface area (Å²) in [5.41, 5.74) is 0.568. The van der Waals surface area contributed by atoms with E-state index < -0.39 is 17.6 Å². The number of benzene rings is 2. The number of nitrogens with zero attached hydrogens (tertiary/aromatic N) is 4. The van der Waals surface area contributed by atoms with Crippen LogP contribution < -0.4 is 10.1 Å². The summed E-state index contributed by atoms with van der Waals surface area (Å²) in [5.74, 6) is 0.227. The average molecular weight is 512 g/mol. The van der Waals surface area contributed by atoms with Gasteiger partial charge in [0, 0.05) is 35.9 Å². The number of piperidine rings is 1. The van der Waals surface area contributed by atoms with Gasteiger partial charge in [0.25, 0.3) is 5.91 Å². The molecule has 11 heteroatoms. The molecule has 3 heterocycles. The van der Waals surface area contributed by atoms with Crippen LogP contribution in [0, 0.1) is 6.92 Å². The molecule has 1 N–H and O–H groups in total. The summed E-state index contributed by atoms with van der Waals surface area (Å²) in [7, 11) is 2.00. The van der Waals surface area contributed by atoms with Gasteiger partial charge in [-0.15, -0.1) is 0 Å². The van der Waals surface area contributed by atoms with Gasteiger partial charge >= 0.3 is 6.18 Å². The third-order valence-corrected chi connectivity index (χ3v) is 6.30. The Balaban J connectivity index is 1.46. The van der Waals surface area contributed by atoms with E-state index in [1.165, 1.54) is 18.5 Å². The van der Waals surface area contributed by atoms with Crippen LogP contribution in [0.15, 0.2) is 53.3 Å². The van der Waals surface area contributed by atoms with E-state index in [2.05, 4.69) is 25.3 Å². The number of fused-ring (bicyclic) bond motifs is 1. The minimum absolute atomic E-state index is 0.116. The van der Waals surface area contributed by atoms with Gasteiger partial charge in [0.2, 0.25) is 0 Å². The number of amides is 1. The van der Waals surface area contributed by atoms with Crippen molar-refractivity contribution in [3.05, 3.63) is 65.7 Å². The van der Waals surface area contributed by atoms with E-state index in [0.29, 0.717) is 27.9 Å². The van der Waals surface area contributed by atoms with E-state index in [1.54, 1.807) is 25.1 Å². The molecule has 0 saturated carbocycles. The number of ether oxygens (including phenoxy) is 1. The predicted octanol–water partition coefficient (Wildman–Crippen LogP) is 5.34. The fraction of sp³-hybridized carbons (Fsp3) is 0.308. The van der Waals surface area contributed by atoms with Crippen molar-refractivity contribution in [1.82, 2.24) is 20.0 Å². The number of aryl methyl sites for hydroxylation is 1. The van der Waals surface area contributed by atoms with Crippen LogP contribution in [0.4, 0.5) is 18.9 Å². The number of hydrogen-bond donors (Lipinski definition) is 1. The lowest BCUT2D eigenvalue weighted by Gasteiger charge is -2.29. The van der Waals surface area contributed by atoms with Crippen LogP contribution in [-0.4, -0.2) is 52.2 Å². The molecule has 0 spiro atoms. The van der Waals surface area contributed by atoms with Gasteiger partial charge < -0.3 is 19.5 Å². The zero-order chi connectivity index (χ0) is 26.2. The summed E-state index contributed by atoms with van der Waals surface area (Å²) in [6, 6.07) is 8.60. The molecule has 0 atom stereocenters. The van der Waals surface area contributed by atoms with Crippen molar-refractivity contribution in [2.45, 2.75) is 32.0 Å². The number of nitrogens with one attached hydrogen (secondary N) is 1. The first kappa shape index (κ1) is 24.7. The van der Waals surface area contributed by atoms with E-state index >= 15 is 0 Å². The van der Waals surface area contributed by atoms with Crippen LogP contribution in [0.5, 0.6) is 5.75 Å². The number of alkyl halides is 3. The Bertz CT molecular complexity index is 1450. The minimum Gasteiger partial charge on any atom is -0.490 e. The lowest BCUT2D eigenvalue weighted by atomic mass is 10.1. The lowest BCUT2D eigenvalue weighted by Crippen LogP contribution is -2.35. The second-order valence-electron chi connectivity index (χ2n) is 9.08. The van der Waals surface area contributed by atoms with Crippen LogP contribution in [0.1, 0.15) is 34.5 Å². The normalized spacial score (nSPS) is 15.2. The van der Waals surface area contributed by atoms with Crippen molar-refractivity contribution in [3.63, 3.8) is 0 Å². The lowest BCUT2D eigenvalue weighted by molar-refractivity contribution is -0.137. The molecule has 37 heavy (non-hydrogen) atoms. The molecule has 1 saturated heterocycles. The molecule has 5 rings (SSSR count). The Hall–Kier alpha value is -3.99. The quantitative estimate of drug-likeness (QED) is 0.387. The Morgan fingerprint density at radius 3 is 2.62 bits per heavy atom. The van der Waals surface area contributed by atoms with Gasteiger partial charge in [0.1, 0.15) is 23.2 Å². The maximum absolute atomic E-state index is 13.7. The Labute approximate surface area is 210 Å². The Kier molecular flexibility index (Phi) is 6.55. The number of halogens is 3. The predicted molar refractivity (Wildman–Crippen MR) is 130 cm³/mol.